The fraction of sp³-hybridized carbons (Fsp3) is 0.667. The zero-order valence-electron chi connectivity index (χ0n) is 6.45. The Morgan fingerprint density at radius 3 is 2.82 bits per heavy atom. The quantitative estimate of drug-likeness (QED) is 0.335. The van der Waals surface area contributed by atoms with E-state index in [-0.39, 0.29) is 5.96 Å². The van der Waals surface area contributed by atoms with Crippen molar-refractivity contribution in [1.82, 2.24) is 0 Å². The molecule has 1 heterocycles. The largest absolute Gasteiger partial charge is 0.369 e. The lowest BCUT2D eigenvalue weighted by atomic mass is 10.2. The minimum absolute atomic E-state index is 0.0297. The number of nitrogens with zero attached hydrogens (tertiary/aromatic N) is 2. The van der Waals surface area contributed by atoms with Crippen molar-refractivity contribution in [3.63, 3.8) is 0 Å². The van der Waals surface area contributed by atoms with Crippen molar-refractivity contribution in [2.75, 3.05) is 5.75 Å². The summed E-state index contributed by atoms with van der Waals surface area (Å²) < 4.78 is 0. The summed E-state index contributed by atoms with van der Waals surface area (Å²) in [5, 5.41) is 8.15. The Labute approximate surface area is 70.1 Å². The van der Waals surface area contributed by atoms with Crippen molar-refractivity contribution in [3.05, 3.63) is 0 Å². The summed E-state index contributed by atoms with van der Waals surface area (Å²) in [6, 6.07) is 0. The van der Waals surface area contributed by atoms with E-state index in [1.165, 1.54) is 0 Å². The van der Waals surface area contributed by atoms with Gasteiger partial charge in [0.2, 0.25) is 5.96 Å². The number of rotatable bonds is 1. The fourth-order valence-electron chi connectivity index (χ4n) is 0.886. The molecule has 0 aromatic heterocycles. The van der Waals surface area contributed by atoms with Crippen LogP contribution in [0.5, 0.6) is 0 Å². The number of thioether (sulfide) groups is 1. The Kier molecular flexibility index (Phi) is 2.76. The highest BCUT2D eigenvalue weighted by molar-refractivity contribution is 8.01. The predicted octanol–water partition coefficient (Wildman–Crippen LogP) is 0.141. The minimum Gasteiger partial charge on any atom is -0.369 e. The van der Waals surface area contributed by atoms with Crippen LogP contribution in [0.25, 0.3) is 0 Å². The van der Waals surface area contributed by atoms with E-state index in [2.05, 4.69) is 17.1 Å². The van der Waals surface area contributed by atoms with Gasteiger partial charge in [0.1, 0.15) is 0 Å². The predicted molar refractivity (Wildman–Crippen MR) is 49.8 cm³/mol. The van der Waals surface area contributed by atoms with Crippen LogP contribution in [0.3, 0.4) is 0 Å². The summed E-state index contributed by atoms with van der Waals surface area (Å²) in [6.07, 6.45) is 1.00. The van der Waals surface area contributed by atoms with Crippen molar-refractivity contribution >= 4 is 23.4 Å². The smallest absolute Gasteiger partial charge is 0.211 e. The lowest BCUT2D eigenvalue weighted by molar-refractivity contribution is 1.02. The van der Waals surface area contributed by atoms with Gasteiger partial charge in [-0.3, -0.25) is 0 Å². The van der Waals surface area contributed by atoms with Gasteiger partial charge in [-0.2, -0.15) is 16.9 Å². The molecule has 1 atom stereocenters. The second-order valence-electron chi connectivity index (χ2n) is 2.52. The van der Waals surface area contributed by atoms with E-state index < -0.39 is 0 Å². The number of hydrogen-bond donors (Lipinski definition) is 2. The van der Waals surface area contributed by atoms with Crippen LogP contribution in [-0.2, 0) is 0 Å². The second kappa shape index (κ2) is 3.61. The van der Waals surface area contributed by atoms with Gasteiger partial charge in [0.25, 0.3) is 0 Å². The molecule has 0 bridgehead atoms. The summed E-state index contributed by atoms with van der Waals surface area (Å²) in [6.45, 7) is 2.17. The van der Waals surface area contributed by atoms with Crippen molar-refractivity contribution in [2.24, 2.45) is 21.7 Å². The maximum Gasteiger partial charge on any atom is 0.211 e. The van der Waals surface area contributed by atoms with Crippen molar-refractivity contribution in [1.29, 1.82) is 0 Å². The van der Waals surface area contributed by atoms with E-state index in [4.69, 9.17) is 11.5 Å². The van der Waals surface area contributed by atoms with Crippen LogP contribution in [0.2, 0.25) is 0 Å². The van der Waals surface area contributed by atoms with Gasteiger partial charge in [0.05, 0.1) is 5.71 Å². The van der Waals surface area contributed by atoms with Gasteiger partial charge in [0.15, 0.2) is 0 Å². The highest BCUT2D eigenvalue weighted by Crippen LogP contribution is 2.23. The zero-order valence-corrected chi connectivity index (χ0v) is 7.27. The molecular weight excluding hydrogens is 160 g/mol. The fourth-order valence-corrected chi connectivity index (χ4v) is 1.85. The molecule has 4 N–H and O–H groups in total. The molecule has 0 spiro atoms. The molecule has 1 rings (SSSR count). The Morgan fingerprint density at radius 2 is 2.36 bits per heavy atom. The van der Waals surface area contributed by atoms with Gasteiger partial charge in [0, 0.05) is 17.4 Å². The van der Waals surface area contributed by atoms with E-state index in [0.29, 0.717) is 5.25 Å². The van der Waals surface area contributed by atoms with Crippen LogP contribution in [-0.4, -0.2) is 22.7 Å². The third kappa shape index (κ3) is 2.80. The van der Waals surface area contributed by atoms with E-state index in [0.717, 1.165) is 17.9 Å². The van der Waals surface area contributed by atoms with Gasteiger partial charge < -0.3 is 11.5 Å². The SMILES string of the molecule is CC1CC(=NN=C(N)N)CS1. The van der Waals surface area contributed by atoms with Gasteiger partial charge in [-0.15, -0.1) is 5.10 Å². The molecule has 1 unspecified atom stereocenters. The monoisotopic (exact) mass is 172 g/mol. The third-order valence-electron chi connectivity index (χ3n) is 1.36. The molecule has 0 saturated carbocycles. The maximum absolute atomic E-state index is 5.12. The molecule has 62 valence electrons. The van der Waals surface area contributed by atoms with Crippen LogP contribution in [0.15, 0.2) is 10.2 Å². The van der Waals surface area contributed by atoms with Crippen LogP contribution >= 0.6 is 11.8 Å². The molecular formula is C6H12N4S. The third-order valence-corrected chi connectivity index (χ3v) is 2.60. The Morgan fingerprint density at radius 1 is 1.64 bits per heavy atom. The molecule has 0 radical (unpaired) electrons. The van der Waals surface area contributed by atoms with E-state index in [1.54, 1.807) is 0 Å². The summed E-state index contributed by atoms with van der Waals surface area (Å²) in [7, 11) is 0. The van der Waals surface area contributed by atoms with Gasteiger partial charge >= 0.3 is 0 Å². The Hall–Kier alpha value is -0.710. The molecule has 1 fully saturated rings. The van der Waals surface area contributed by atoms with Crippen LogP contribution < -0.4 is 11.5 Å². The Bertz CT molecular complexity index is 195. The summed E-state index contributed by atoms with van der Waals surface area (Å²) in [5.41, 5.74) is 11.3. The average molecular weight is 172 g/mol. The van der Waals surface area contributed by atoms with Crippen molar-refractivity contribution in [3.8, 4) is 0 Å². The minimum atomic E-state index is 0.0297. The average Bonchev–Trinajstić information content (AvgIpc) is 2.31. The van der Waals surface area contributed by atoms with Crippen LogP contribution in [0.1, 0.15) is 13.3 Å². The molecule has 1 aliphatic rings. The second-order valence-corrected chi connectivity index (χ2v) is 3.94. The first-order chi connectivity index (χ1) is 5.18. The highest BCUT2D eigenvalue weighted by atomic mass is 32.2. The topological polar surface area (TPSA) is 76.8 Å². The standard InChI is InChI=1S/C6H12N4S/c1-4-2-5(3-11-4)9-10-6(7)8/h4H,2-3H2,1H3,(H4,7,8,10). The van der Waals surface area contributed by atoms with Crippen molar-refractivity contribution in [2.45, 2.75) is 18.6 Å². The molecule has 0 aliphatic carbocycles. The summed E-state index contributed by atoms with van der Waals surface area (Å²) >= 11 is 1.88. The van der Waals surface area contributed by atoms with Gasteiger partial charge in [-0.05, 0) is 0 Å². The molecule has 5 heteroatoms. The van der Waals surface area contributed by atoms with E-state index in [1.807, 2.05) is 11.8 Å². The van der Waals surface area contributed by atoms with E-state index in [9.17, 15) is 0 Å². The number of guanidine groups is 1. The number of nitrogens with two attached hydrogens (primary N) is 2. The zero-order chi connectivity index (χ0) is 8.27. The summed E-state index contributed by atoms with van der Waals surface area (Å²) in [5.74, 6) is 0.986. The van der Waals surface area contributed by atoms with Gasteiger partial charge in [-0.25, -0.2) is 0 Å². The first kappa shape index (κ1) is 8.39. The lowest BCUT2D eigenvalue weighted by Crippen LogP contribution is -2.22. The van der Waals surface area contributed by atoms with Gasteiger partial charge in [-0.1, -0.05) is 6.92 Å². The first-order valence-electron chi connectivity index (χ1n) is 3.44. The molecule has 1 saturated heterocycles. The maximum atomic E-state index is 5.12. The summed E-state index contributed by atoms with van der Waals surface area (Å²) in [4.78, 5) is 0. The van der Waals surface area contributed by atoms with Crippen LogP contribution in [0, 0.1) is 0 Å². The molecule has 1 aliphatic heterocycles. The van der Waals surface area contributed by atoms with Crippen LogP contribution in [0.4, 0.5) is 0 Å². The molecule has 0 amide bonds. The van der Waals surface area contributed by atoms with E-state index >= 15 is 0 Å². The molecule has 0 aromatic carbocycles. The molecule has 0 aromatic rings. The molecule has 11 heavy (non-hydrogen) atoms. The van der Waals surface area contributed by atoms with Crippen molar-refractivity contribution < 1.29 is 0 Å². The normalized spacial score (nSPS) is 27.4. The molecule has 4 nitrogen and oxygen atoms in total. The lowest BCUT2D eigenvalue weighted by Gasteiger charge is -1.92. The Balaban J connectivity index is 2.49. The highest BCUT2D eigenvalue weighted by Gasteiger charge is 2.16. The first-order valence-corrected chi connectivity index (χ1v) is 4.49. The number of hydrogen-bond acceptors (Lipinski definition) is 3.